The van der Waals surface area contributed by atoms with Crippen molar-refractivity contribution in [2.75, 3.05) is 13.6 Å². The second kappa shape index (κ2) is 6.10. The van der Waals surface area contributed by atoms with Crippen LogP contribution in [0.25, 0.3) is 0 Å². The Morgan fingerprint density at radius 3 is 2.81 bits per heavy atom. The standard InChI is InChI=1S/C19H30N2/c1-15-7-5-10-17(13-15)21(2)19(14-20)12-6-9-16-8-3-4-11-18(16)19/h3-4,8,11,15,17H,5-7,9-10,12-14,20H2,1-2H3. The molecule has 21 heavy (non-hydrogen) atoms. The summed E-state index contributed by atoms with van der Waals surface area (Å²) in [5.41, 5.74) is 9.44. The van der Waals surface area contributed by atoms with Crippen molar-refractivity contribution >= 4 is 0 Å². The van der Waals surface area contributed by atoms with Crippen LogP contribution in [0.4, 0.5) is 0 Å². The van der Waals surface area contributed by atoms with Crippen molar-refractivity contribution < 1.29 is 0 Å². The van der Waals surface area contributed by atoms with Crippen LogP contribution in [0.1, 0.15) is 56.6 Å². The molecule has 116 valence electrons. The summed E-state index contributed by atoms with van der Waals surface area (Å²) >= 11 is 0. The fourth-order valence-electron chi connectivity index (χ4n) is 4.72. The third kappa shape index (κ3) is 2.64. The Morgan fingerprint density at radius 1 is 1.24 bits per heavy atom. The van der Waals surface area contributed by atoms with E-state index in [0.29, 0.717) is 6.04 Å². The molecule has 0 amide bonds. The van der Waals surface area contributed by atoms with Crippen LogP contribution >= 0.6 is 0 Å². The Labute approximate surface area is 129 Å². The number of hydrogen-bond acceptors (Lipinski definition) is 2. The summed E-state index contributed by atoms with van der Waals surface area (Å²) in [7, 11) is 2.33. The summed E-state index contributed by atoms with van der Waals surface area (Å²) in [5.74, 6) is 0.861. The highest BCUT2D eigenvalue weighted by molar-refractivity contribution is 5.37. The lowest BCUT2D eigenvalue weighted by atomic mass is 9.73. The molecule has 0 radical (unpaired) electrons. The first kappa shape index (κ1) is 15.1. The van der Waals surface area contributed by atoms with Crippen LogP contribution in [0.3, 0.4) is 0 Å². The van der Waals surface area contributed by atoms with Gasteiger partial charge in [0.25, 0.3) is 0 Å². The van der Waals surface area contributed by atoms with Gasteiger partial charge < -0.3 is 5.73 Å². The van der Waals surface area contributed by atoms with E-state index in [0.717, 1.165) is 12.5 Å². The predicted molar refractivity (Wildman–Crippen MR) is 89.3 cm³/mol. The molecule has 2 N–H and O–H groups in total. The van der Waals surface area contributed by atoms with Gasteiger partial charge in [0.15, 0.2) is 0 Å². The van der Waals surface area contributed by atoms with Gasteiger partial charge in [-0.25, -0.2) is 0 Å². The molecule has 1 aromatic carbocycles. The SMILES string of the molecule is CC1CCCC(N(C)C2(CN)CCCc3ccccc32)C1. The van der Waals surface area contributed by atoms with Crippen molar-refractivity contribution in [3.8, 4) is 0 Å². The van der Waals surface area contributed by atoms with Gasteiger partial charge in [0, 0.05) is 12.6 Å². The first-order valence-corrected chi connectivity index (χ1v) is 8.69. The molecule has 2 aliphatic rings. The van der Waals surface area contributed by atoms with E-state index in [2.05, 4.69) is 43.1 Å². The highest BCUT2D eigenvalue weighted by Gasteiger charge is 2.42. The second-order valence-corrected chi connectivity index (χ2v) is 7.28. The summed E-state index contributed by atoms with van der Waals surface area (Å²) in [5, 5.41) is 0. The molecule has 0 heterocycles. The molecular weight excluding hydrogens is 256 g/mol. The third-order valence-corrected chi connectivity index (χ3v) is 6.02. The molecule has 0 bridgehead atoms. The molecule has 1 aromatic rings. The maximum atomic E-state index is 6.35. The number of likely N-dealkylation sites (N-methyl/N-ethyl adjacent to an activating group) is 1. The zero-order valence-electron chi connectivity index (χ0n) is 13.6. The number of aryl methyl sites for hydroxylation is 1. The van der Waals surface area contributed by atoms with Crippen LogP contribution < -0.4 is 5.73 Å². The quantitative estimate of drug-likeness (QED) is 0.918. The molecule has 0 aliphatic heterocycles. The van der Waals surface area contributed by atoms with E-state index in [1.54, 1.807) is 0 Å². The largest absolute Gasteiger partial charge is 0.328 e. The van der Waals surface area contributed by atoms with Crippen LogP contribution in [-0.2, 0) is 12.0 Å². The van der Waals surface area contributed by atoms with Gasteiger partial charge in [-0.2, -0.15) is 0 Å². The average molecular weight is 286 g/mol. The van der Waals surface area contributed by atoms with Gasteiger partial charge in [0.05, 0.1) is 5.54 Å². The summed E-state index contributed by atoms with van der Waals surface area (Å²) in [6.45, 7) is 3.15. The van der Waals surface area contributed by atoms with Crippen LogP contribution in [0, 0.1) is 5.92 Å². The molecule has 0 aromatic heterocycles. The predicted octanol–water partition coefficient (Wildman–Crippen LogP) is 3.69. The van der Waals surface area contributed by atoms with E-state index >= 15 is 0 Å². The van der Waals surface area contributed by atoms with E-state index < -0.39 is 0 Å². The average Bonchev–Trinajstić information content (AvgIpc) is 2.53. The molecule has 3 rings (SSSR count). The monoisotopic (exact) mass is 286 g/mol. The first-order valence-electron chi connectivity index (χ1n) is 8.69. The van der Waals surface area contributed by atoms with Gasteiger partial charge in [0.1, 0.15) is 0 Å². The Balaban J connectivity index is 1.93. The Kier molecular flexibility index (Phi) is 4.37. The maximum absolute atomic E-state index is 6.35. The summed E-state index contributed by atoms with van der Waals surface area (Å²) in [4.78, 5) is 2.65. The summed E-state index contributed by atoms with van der Waals surface area (Å²) in [6, 6.07) is 9.68. The highest BCUT2D eigenvalue weighted by atomic mass is 15.2. The first-order chi connectivity index (χ1) is 10.2. The minimum atomic E-state index is 0.0660. The molecule has 0 saturated heterocycles. The van der Waals surface area contributed by atoms with Gasteiger partial charge >= 0.3 is 0 Å². The number of nitrogens with zero attached hydrogens (tertiary/aromatic N) is 1. The zero-order valence-corrected chi connectivity index (χ0v) is 13.6. The van der Waals surface area contributed by atoms with Gasteiger partial charge in [-0.15, -0.1) is 0 Å². The molecule has 0 spiro atoms. The number of hydrogen-bond donors (Lipinski definition) is 1. The number of fused-ring (bicyclic) bond motifs is 1. The fourth-order valence-corrected chi connectivity index (χ4v) is 4.72. The van der Waals surface area contributed by atoms with Crippen molar-refractivity contribution in [3.05, 3.63) is 35.4 Å². The molecule has 2 aliphatic carbocycles. The van der Waals surface area contributed by atoms with E-state index in [9.17, 15) is 0 Å². The summed E-state index contributed by atoms with van der Waals surface area (Å²) in [6.07, 6.45) is 9.13. The minimum absolute atomic E-state index is 0.0660. The molecule has 2 nitrogen and oxygen atoms in total. The lowest BCUT2D eigenvalue weighted by Gasteiger charge is -2.50. The zero-order chi connectivity index (χ0) is 14.9. The van der Waals surface area contributed by atoms with Crippen molar-refractivity contribution in [2.24, 2.45) is 11.7 Å². The number of rotatable bonds is 3. The van der Waals surface area contributed by atoms with E-state index in [1.165, 1.54) is 56.1 Å². The van der Waals surface area contributed by atoms with E-state index in [4.69, 9.17) is 5.73 Å². The molecule has 3 atom stereocenters. The normalized spacial score (nSPS) is 33.0. The molecular formula is C19H30N2. The smallest absolute Gasteiger partial charge is 0.0586 e. The number of benzene rings is 1. The van der Waals surface area contributed by atoms with Crippen LogP contribution in [0.2, 0.25) is 0 Å². The van der Waals surface area contributed by atoms with E-state index in [1.807, 2.05) is 0 Å². The molecule has 3 unspecified atom stereocenters. The van der Waals surface area contributed by atoms with Crippen molar-refractivity contribution in [3.63, 3.8) is 0 Å². The minimum Gasteiger partial charge on any atom is -0.328 e. The van der Waals surface area contributed by atoms with Gasteiger partial charge in [-0.3, -0.25) is 4.90 Å². The Morgan fingerprint density at radius 2 is 2.05 bits per heavy atom. The van der Waals surface area contributed by atoms with Crippen molar-refractivity contribution in [1.29, 1.82) is 0 Å². The Hall–Kier alpha value is -0.860. The number of nitrogens with two attached hydrogens (primary N) is 1. The summed E-state index contributed by atoms with van der Waals surface area (Å²) < 4.78 is 0. The lowest BCUT2D eigenvalue weighted by Crippen LogP contribution is -2.55. The van der Waals surface area contributed by atoms with Crippen molar-refractivity contribution in [2.45, 2.75) is 63.5 Å². The Bertz CT molecular complexity index is 484. The van der Waals surface area contributed by atoms with Crippen LogP contribution in [0.15, 0.2) is 24.3 Å². The van der Waals surface area contributed by atoms with Crippen LogP contribution in [-0.4, -0.2) is 24.5 Å². The molecule has 1 saturated carbocycles. The maximum Gasteiger partial charge on any atom is 0.0586 e. The topological polar surface area (TPSA) is 29.3 Å². The molecule has 2 heteroatoms. The van der Waals surface area contributed by atoms with Crippen LogP contribution in [0.5, 0.6) is 0 Å². The van der Waals surface area contributed by atoms with Crippen molar-refractivity contribution in [1.82, 2.24) is 4.90 Å². The molecule has 1 fully saturated rings. The van der Waals surface area contributed by atoms with Gasteiger partial charge in [0.2, 0.25) is 0 Å². The third-order valence-electron chi connectivity index (χ3n) is 6.02. The van der Waals surface area contributed by atoms with E-state index in [-0.39, 0.29) is 5.54 Å². The van der Waals surface area contributed by atoms with Gasteiger partial charge in [-0.05, 0) is 56.2 Å². The highest BCUT2D eigenvalue weighted by Crippen LogP contribution is 2.42. The van der Waals surface area contributed by atoms with Gasteiger partial charge in [-0.1, -0.05) is 44.0 Å². The lowest BCUT2D eigenvalue weighted by molar-refractivity contribution is 0.0318. The second-order valence-electron chi connectivity index (χ2n) is 7.28. The fraction of sp³-hybridized carbons (Fsp3) is 0.684.